The van der Waals surface area contributed by atoms with Crippen LogP contribution in [-0.4, -0.2) is 5.78 Å². The average Bonchev–Trinajstić information content (AvgIpc) is 2.06. The third kappa shape index (κ3) is 1.67. The smallest absolute Gasteiger partial charge is 0.166 e. The third-order valence-corrected chi connectivity index (χ3v) is 2.99. The van der Waals surface area contributed by atoms with Crippen LogP contribution in [-0.2, 0) is 0 Å². The molecule has 0 aliphatic heterocycles. The maximum absolute atomic E-state index is 13.0. The number of halogens is 2. The fraction of sp³-hybridized carbons (Fsp3) is 0.364. The maximum Gasteiger partial charge on any atom is 0.166 e. The second-order valence-electron chi connectivity index (χ2n) is 3.62. The number of rotatable bonds is 2. The Bertz CT molecular complexity index is 372. The molecule has 0 bridgehead atoms. The van der Waals surface area contributed by atoms with E-state index in [9.17, 15) is 9.18 Å². The van der Waals surface area contributed by atoms with Crippen molar-refractivity contribution < 1.29 is 9.18 Å². The molecule has 0 aromatic heterocycles. The molecule has 0 N–H and O–H groups in total. The second kappa shape index (κ2) is 3.70. The Morgan fingerprint density at radius 2 is 2.14 bits per heavy atom. The number of Topliss-reactive ketones (excluding diaryl/α,β-unsaturated/α-hetero) is 1. The van der Waals surface area contributed by atoms with Crippen molar-refractivity contribution in [2.24, 2.45) is 5.92 Å². The Kier molecular flexibility index (Phi) is 2.55. The van der Waals surface area contributed by atoms with E-state index in [0.29, 0.717) is 5.56 Å². The first-order chi connectivity index (χ1) is 6.68. The number of benzene rings is 1. The van der Waals surface area contributed by atoms with E-state index >= 15 is 0 Å². The first-order valence-electron chi connectivity index (χ1n) is 4.68. The first kappa shape index (κ1) is 9.66. The van der Waals surface area contributed by atoms with E-state index in [0.717, 1.165) is 19.3 Å². The maximum atomic E-state index is 13.0. The van der Waals surface area contributed by atoms with E-state index in [1.807, 2.05) is 0 Å². The molecule has 1 aliphatic carbocycles. The van der Waals surface area contributed by atoms with Crippen LogP contribution < -0.4 is 0 Å². The van der Waals surface area contributed by atoms with Crippen molar-refractivity contribution in [1.29, 1.82) is 0 Å². The van der Waals surface area contributed by atoms with E-state index in [-0.39, 0.29) is 16.7 Å². The van der Waals surface area contributed by atoms with Gasteiger partial charge in [-0.3, -0.25) is 4.79 Å². The summed E-state index contributed by atoms with van der Waals surface area (Å²) in [5, 5.41) is 0.0650. The van der Waals surface area contributed by atoms with Gasteiger partial charge in [-0.15, -0.1) is 0 Å². The van der Waals surface area contributed by atoms with Crippen LogP contribution in [0.4, 0.5) is 4.39 Å². The molecule has 74 valence electrons. The Labute approximate surface area is 86.9 Å². The summed E-state index contributed by atoms with van der Waals surface area (Å²) in [5.74, 6) is -0.362. The van der Waals surface area contributed by atoms with Crippen molar-refractivity contribution in [3.8, 4) is 0 Å². The van der Waals surface area contributed by atoms with Gasteiger partial charge in [-0.05, 0) is 31.0 Å². The van der Waals surface area contributed by atoms with Crippen molar-refractivity contribution in [2.45, 2.75) is 19.3 Å². The summed E-state index contributed by atoms with van der Waals surface area (Å²) in [6, 6.07) is 4.25. The quantitative estimate of drug-likeness (QED) is 0.687. The van der Waals surface area contributed by atoms with Gasteiger partial charge in [0, 0.05) is 11.5 Å². The van der Waals surface area contributed by atoms with Gasteiger partial charge >= 0.3 is 0 Å². The minimum Gasteiger partial charge on any atom is -0.294 e. The zero-order valence-corrected chi connectivity index (χ0v) is 8.35. The lowest BCUT2D eigenvalue weighted by atomic mass is 9.80. The van der Waals surface area contributed by atoms with E-state index in [1.54, 1.807) is 6.07 Å². The third-order valence-electron chi connectivity index (χ3n) is 2.68. The average molecular weight is 213 g/mol. The topological polar surface area (TPSA) is 17.1 Å². The van der Waals surface area contributed by atoms with Gasteiger partial charge in [0.2, 0.25) is 0 Å². The van der Waals surface area contributed by atoms with Crippen molar-refractivity contribution in [1.82, 2.24) is 0 Å². The standard InChI is InChI=1S/C11H10ClFO/c12-9-5-4-8(6-10(9)13)11(14)7-2-1-3-7/h4-7H,1-3H2. The summed E-state index contributed by atoms with van der Waals surface area (Å²) < 4.78 is 13.0. The van der Waals surface area contributed by atoms with Crippen LogP contribution in [0, 0.1) is 11.7 Å². The van der Waals surface area contributed by atoms with Crippen LogP contribution in [0.2, 0.25) is 5.02 Å². The Morgan fingerprint density at radius 1 is 1.43 bits per heavy atom. The summed E-state index contributed by atoms with van der Waals surface area (Å²) in [7, 11) is 0. The fourth-order valence-corrected chi connectivity index (χ4v) is 1.67. The molecule has 0 atom stereocenters. The van der Waals surface area contributed by atoms with Crippen molar-refractivity contribution in [3.05, 3.63) is 34.6 Å². The number of hydrogen-bond acceptors (Lipinski definition) is 1. The van der Waals surface area contributed by atoms with E-state index in [4.69, 9.17) is 11.6 Å². The number of hydrogen-bond donors (Lipinski definition) is 0. The Morgan fingerprint density at radius 3 is 2.64 bits per heavy atom. The highest BCUT2D eigenvalue weighted by Gasteiger charge is 2.26. The summed E-state index contributed by atoms with van der Waals surface area (Å²) in [4.78, 5) is 11.7. The molecular weight excluding hydrogens is 203 g/mol. The van der Waals surface area contributed by atoms with Gasteiger partial charge in [0.15, 0.2) is 5.78 Å². The summed E-state index contributed by atoms with van der Waals surface area (Å²) in [5.41, 5.74) is 0.441. The molecule has 0 unspecified atom stereocenters. The molecule has 1 fully saturated rings. The van der Waals surface area contributed by atoms with Crippen LogP contribution in [0.15, 0.2) is 18.2 Å². The normalized spacial score (nSPS) is 16.4. The molecule has 14 heavy (non-hydrogen) atoms. The van der Waals surface area contributed by atoms with Crippen LogP contribution in [0.5, 0.6) is 0 Å². The molecule has 1 aromatic rings. The highest BCUT2D eigenvalue weighted by Crippen LogP contribution is 2.30. The number of carbonyl (C=O) groups excluding carboxylic acids is 1. The molecule has 1 aliphatic rings. The zero-order chi connectivity index (χ0) is 10.1. The van der Waals surface area contributed by atoms with E-state index < -0.39 is 5.82 Å². The van der Waals surface area contributed by atoms with Gasteiger partial charge in [-0.25, -0.2) is 4.39 Å². The van der Waals surface area contributed by atoms with E-state index in [1.165, 1.54) is 12.1 Å². The molecule has 1 saturated carbocycles. The minimum absolute atomic E-state index is 0.0480. The largest absolute Gasteiger partial charge is 0.294 e. The number of ketones is 1. The van der Waals surface area contributed by atoms with Gasteiger partial charge in [-0.2, -0.15) is 0 Å². The molecular formula is C11H10ClFO. The van der Waals surface area contributed by atoms with Crippen LogP contribution in [0.25, 0.3) is 0 Å². The fourth-order valence-electron chi connectivity index (χ4n) is 1.56. The predicted octanol–water partition coefficient (Wildman–Crippen LogP) is 3.46. The van der Waals surface area contributed by atoms with Crippen LogP contribution in [0.1, 0.15) is 29.6 Å². The summed E-state index contributed by atoms with van der Waals surface area (Å²) in [6.45, 7) is 0. The lowest BCUT2D eigenvalue weighted by Crippen LogP contribution is -2.21. The lowest BCUT2D eigenvalue weighted by molar-refractivity contribution is 0.0855. The summed E-state index contributed by atoms with van der Waals surface area (Å²) >= 11 is 5.53. The highest BCUT2D eigenvalue weighted by atomic mass is 35.5. The molecule has 3 heteroatoms. The number of carbonyl (C=O) groups is 1. The van der Waals surface area contributed by atoms with Gasteiger partial charge in [0.1, 0.15) is 5.82 Å². The molecule has 1 nitrogen and oxygen atoms in total. The van der Waals surface area contributed by atoms with Gasteiger partial charge in [-0.1, -0.05) is 18.0 Å². The molecule has 2 rings (SSSR count). The molecule has 0 radical (unpaired) electrons. The van der Waals surface area contributed by atoms with Crippen molar-refractivity contribution in [2.75, 3.05) is 0 Å². The Hall–Kier alpha value is -0.890. The molecule has 0 heterocycles. The van der Waals surface area contributed by atoms with Gasteiger partial charge in [0.25, 0.3) is 0 Å². The molecule has 0 spiro atoms. The minimum atomic E-state index is -0.517. The zero-order valence-electron chi connectivity index (χ0n) is 7.59. The van der Waals surface area contributed by atoms with Gasteiger partial charge < -0.3 is 0 Å². The molecule has 0 amide bonds. The molecule has 1 aromatic carbocycles. The first-order valence-corrected chi connectivity index (χ1v) is 5.05. The monoisotopic (exact) mass is 212 g/mol. The SMILES string of the molecule is O=C(c1ccc(Cl)c(F)c1)C1CCC1. The van der Waals surface area contributed by atoms with Gasteiger partial charge in [0.05, 0.1) is 5.02 Å². The second-order valence-corrected chi connectivity index (χ2v) is 4.03. The lowest BCUT2D eigenvalue weighted by Gasteiger charge is -2.23. The van der Waals surface area contributed by atoms with Crippen molar-refractivity contribution >= 4 is 17.4 Å². The summed E-state index contributed by atoms with van der Waals surface area (Å²) in [6.07, 6.45) is 2.97. The van der Waals surface area contributed by atoms with Crippen LogP contribution >= 0.6 is 11.6 Å². The van der Waals surface area contributed by atoms with Crippen molar-refractivity contribution in [3.63, 3.8) is 0 Å². The van der Waals surface area contributed by atoms with E-state index in [2.05, 4.69) is 0 Å². The predicted molar refractivity (Wildman–Crippen MR) is 53.1 cm³/mol. The van der Waals surface area contributed by atoms with Crippen LogP contribution in [0.3, 0.4) is 0 Å². The molecule has 0 saturated heterocycles. The highest BCUT2D eigenvalue weighted by molar-refractivity contribution is 6.30. The Balaban J connectivity index is 2.23.